The number of esters is 3. The molecule has 0 bridgehead atoms. The number of ether oxygens (including phenoxy) is 4. The Bertz CT molecular complexity index is 939. The molecule has 176 valence electrons. The first kappa shape index (κ1) is 21.8. The van der Waals surface area contributed by atoms with Gasteiger partial charge in [0, 0.05) is 37.5 Å². The molecule has 0 aromatic rings. The summed E-state index contributed by atoms with van der Waals surface area (Å²) in [5.74, 6) is 0.467. The van der Waals surface area contributed by atoms with Gasteiger partial charge in [-0.3, -0.25) is 9.59 Å². The molecule has 2 heterocycles. The third-order valence-corrected chi connectivity index (χ3v) is 9.47. The normalized spacial score (nSPS) is 48.4. The van der Waals surface area contributed by atoms with Gasteiger partial charge in [-0.15, -0.1) is 0 Å². The Hall–Kier alpha value is -2.05. The van der Waals surface area contributed by atoms with Gasteiger partial charge in [0.05, 0.1) is 5.57 Å². The zero-order valence-electron chi connectivity index (χ0n) is 19.9. The highest BCUT2D eigenvalue weighted by molar-refractivity contribution is 5.92. The molecule has 32 heavy (non-hydrogen) atoms. The van der Waals surface area contributed by atoms with Crippen molar-refractivity contribution in [3.8, 4) is 0 Å². The molecule has 0 aromatic heterocycles. The third-order valence-electron chi connectivity index (χ3n) is 9.47. The summed E-state index contributed by atoms with van der Waals surface area (Å²) in [6.45, 7) is 11.5. The standard InChI is InChI=1S/C25H34O7/c1-13-20-25(32-21(13)28)11-16(25)19-22(4)9-8-18(30-15(3)27)23(5,12-29-14(2)26)17(22)7-10-24(19,6)31-20/h16-19H,7-12H2,1-6H3/t16?,17-,18+,19-,22+,23-,24-,25-/m0/s1. The molecule has 0 amide bonds. The van der Waals surface area contributed by atoms with Gasteiger partial charge in [-0.05, 0) is 50.9 Å². The van der Waals surface area contributed by atoms with Gasteiger partial charge in [0.25, 0.3) is 0 Å². The van der Waals surface area contributed by atoms with E-state index < -0.39 is 11.0 Å². The van der Waals surface area contributed by atoms with Crippen molar-refractivity contribution in [3.63, 3.8) is 0 Å². The molecule has 1 spiro atoms. The second kappa shape index (κ2) is 6.51. The molecule has 0 aromatic carbocycles. The minimum absolute atomic E-state index is 0.124. The van der Waals surface area contributed by atoms with Crippen LogP contribution in [0.3, 0.4) is 0 Å². The van der Waals surface area contributed by atoms with E-state index in [2.05, 4.69) is 20.8 Å². The molecular formula is C25H34O7. The SMILES string of the molecule is CC(=O)OC[C@@]1(C)[C@H]2CC[C@]3(C)OC4=C(C)C(=O)O[C@]45CC5[C@H]3[C@]2(C)CC[C@H]1OC(C)=O. The lowest BCUT2D eigenvalue weighted by atomic mass is 9.43. The first-order valence-corrected chi connectivity index (χ1v) is 11.8. The van der Waals surface area contributed by atoms with Crippen LogP contribution >= 0.6 is 0 Å². The molecule has 0 radical (unpaired) electrons. The summed E-state index contributed by atoms with van der Waals surface area (Å²) < 4.78 is 23.9. The predicted octanol–water partition coefficient (Wildman–Crippen LogP) is 3.69. The first-order chi connectivity index (χ1) is 14.9. The van der Waals surface area contributed by atoms with E-state index in [1.54, 1.807) is 6.92 Å². The quantitative estimate of drug-likeness (QED) is 0.482. The second-order valence-corrected chi connectivity index (χ2v) is 11.5. The summed E-state index contributed by atoms with van der Waals surface area (Å²) in [7, 11) is 0. The van der Waals surface area contributed by atoms with E-state index in [1.165, 1.54) is 13.8 Å². The average molecular weight is 447 g/mol. The van der Waals surface area contributed by atoms with E-state index >= 15 is 0 Å². The molecular weight excluding hydrogens is 412 g/mol. The summed E-state index contributed by atoms with van der Waals surface area (Å²) >= 11 is 0. The fourth-order valence-electron chi connectivity index (χ4n) is 8.21. The van der Waals surface area contributed by atoms with Crippen molar-refractivity contribution in [2.75, 3.05) is 6.61 Å². The van der Waals surface area contributed by atoms with Gasteiger partial charge in [0.15, 0.2) is 11.4 Å². The van der Waals surface area contributed by atoms with Gasteiger partial charge < -0.3 is 18.9 Å². The lowest BCUT2D eigenvalue weighted by molar-refractivity contribution is -0.243. The lowest BCUT2D eigenvalue weighted by Crippen LogP contribution is -2.65. The van der Waals surface area contributed by atoms with Crippen LogP contribution in [-0.4, -0.2) is 41.8 Å². The summed E-state index contributed by atoms with van der Waals surface area (Å²) in [6.07, 6.45) is 3.80. The predicted molar refractivity (Wildman–Crippen MR) is 113 cm³/mol. The number of rotatable bonds is 3. The molecule has 1 unspecified atom stereocenters. The van der Waals surface area contributed by atoms with Crippen LogP contribution in [-0.2, 0) is 33.3 Å². The molecule has 4 fully saturated rings. The highest BCUT2D eigenvalue weighted by Gasteiger charge is 2.79. The Morgan fingerprint density at radius 2 is 1.78 bits per heavy atom. The van der Waals surface area contributed by atoms with Gasteiger partial charge in [-0.25, -0.2) is 4.79 Å². The van der Waals surface area contributed by atoms with E-state index in [-0.39, 0.29) is 59.4 Å². The molecule has 8 atom stereocenters. The van der Waals surface area contributed by atoms with Gasteiger partial charge >= 0.3 is 17.9 Å². The van der Waals surface area contributed by atoms with Crippen molar-refractivity contribution in [3.05, 3.63) is 11.3 Å². The Morgan fingerprint density at radius 1 is 1.06 bits per heavy atom. The first-order valence-electron chi connectivity index (χ1n) is 11.8. The Morgan fingerprint density at radius 3 is 2.44 bits per heavy atom. The van der Waals surface area contributed by atoms with Crippen LogP contribution in [0, 0.1) is 28.6 Å². The van der Waals surface area contributed by atoms with Crippen molar-refractivity contribution in [2.24, 2.45) is 28.6 Å². The molecule has 5 aliphatic rings. The molecule has 3 saturated carbocycles. The second-order valence-electron chi connectivity index (χ2n) is 11.5. The van der Waals surface area contributed by atoms with E-state index in [0.29, 0.717) is 12.0 Å². The Labute approximate surface area is 189 Å². The van der Waals surface area contributed by atoms with E-state index in [4.69, 9.17) is 18.9 Å². The number of hydrogen-bond acceptors (Lipinski definition) is 7. The van der Waals surface area contributed by atoms with Crippen LogP contribution in [0.2, 0.25) is 0 Å². The van der Waals surface area contributed by atoms with E-state index in [0.717, 1.165) is 31.4 Å². The third kappa shape index (κ3) is 2.69. The van der Waals surface area contributed by atoms with Crippen molar-refractivity contribution in [1.29, 1.82) is 0 Å². The largest absolute Gasteiger partial charge is 0.487 e. The summed E-state index contributed by atoms with van der Waals surface area (Å²) in [4.78, 5) is 36.0. The molecule has 2 aliphatic heterocycles. The van der Waals surface area contributed by atoms with Crippen LogP contribution in [0.5, 0.6) is 0 Å². The number of carbonyl (C=O) groups is 3. The van der Waals surface area contributed by atoms with Crippen LogP contribution in [0.4, 0.5) is 0 Å². The number of fused-ring (bicyclic) bond motifs is 4. The van der Waals surface area contributed by atoms with Crippen LogP contribution in [0.15, 0.2) is 11.3 Å². The van der Waals surface area contributed by atoms with Gasteiger partial charge in [-0.2, -0.15) is 0 Å². The highest BCUT2D eigenvalue weighted by atomic mass is 16.6. The van der Waals surface area contributed by atoms with Gasteiger partial charge in [0.1, 0.15) is 18.3 Å². The van der Waals surface area contributed by atoms with Crippen LogP contribution in [0.25, 0.3) is 0 Å². The molecule has 7 nitrogen and oxygen atoms in total. The molecule has 3 aliphatic carbocycles. The highest BCUT2D eigenvalue weighted by Crippen LogP contribution is 2.75. The lowest BCUT2D eigenvalue weighted by Gasteiger charge is -2.65. The summed E-state index contributed by atoms with van der Waals surface area (Å²) in [5, 5.41) is 0. The maximum atomic E-state index is 12.4. The van der Waals surface area contributed by atoms with Crippen molar-refractivity contribution in [2.45, 2.75) is 91.0 Å². The van der Waals surface area contributed by atoms with Crippen molar-refractivity contribution >= 4 is 17.9 Å². The van der Waals surface area contributed by atoms with Gasteiger partial charge in [-0.1, -0.05) is 13.8 Å². The topological polar surface area (TPSA) is 88.1 Å². The zero-order valence-corrected chi connectivity index (χ0v) is 19.9. The van der Waals surface area contributed by atoms with E-state index in [1.807, 2.05) is 0 Å². The van der Waals surface area contributed by atoms with Crippen molar-refractivity contribution < 1.29 is 33.3 Å². The Balaban J connectivity index is 1.54. The fraction of sp³-hybridized carbons (Fsp3) is 0.800. The average Bonchev–Trinajstić information content (AvgIpc) is 3.35. The smallest absolute Gasteiger partial charge is 0.338 e. The summed E-state index contributed by atoms with van der Waals surface area (Å²) in [6, 6.07) is 0. The maximum absolute atomic E-state index is 12.4. The minimum Gasteiger partial charge on any atom is -0.487 e. The molecule has 5 rings (SSSR count). The van der Waals surface area contributed by atoms with Crippen molar-refractivity contribution in [1.82, 2.24) is 0 Å². The maximum Gasteiger partial charge on any atom is 0.338 e. The zero-order chi connectivity index (χ0) is 23.3. The molecule has 1 saturated heterocycles. The minimum atomic E-state index is -0.588. The van der Waals surface area contributed by atoms with Crippen LogP contribution in [0.1, 0.15) is 73.6 Å². The Kier molecular flexibility index (Phi) is 4.43. The van der Waals surface area contributed by atoms with Gasteiger partial charge in [0.2, 0.25) is 0 Å². The monoisotopic (exact) mass is 446 g/mol. The summed E-state index contributed by atoms with van der Waals surface area (Å²) in [5.41, 5.74) is -0.975. The molecule has 0 N–H and O–H groups in total. The molecule has 7 heteroatoms. The number of carbonyl (C=O) groups excluding carboxylic acids is 3. The van der Waals surface area contributed by atoms with Crippen LogP contribution < -0.4 is 0 Å². The van der Waals surface area contributed by atoms with E-state index in [9.17, 15) is 14.4 Å². The number of hydrogen-bond donors (Lipinski definition) is 0. The fourth-order valence-corrected chi connectivity index (χ4v) is 8.21.